The molecule has 0 bridgehead atoms. The van der Waals surface area contributed by atoms with Crippen molar-refractivity contribution in [2.45, 2.75) is 11.4 Å². The van der Waals surface area contributed by atoms with Crippen molar-refractivity contribution in [3.63, 3.8) is 0 Å². The smallest absolute Gasteiger partial charge is 0.0481 e. The summed E-state index contributed by atoms with van der Waals surface area (Å²) < 4.78 is 0. The molecule has 0 heterocycles. The second kappa shape index (κ2) is 7.63. The minimum absolute atomic E-state index is 0.656. The summed E-state index contributed by atoms with van der Waals surface area (Å²) >= 11 is 13.8. The molecule has 0 aliphatic carbocycles. The van der Waals surface area contributed by atoms with Crippen LogP contribution < -0.4 is 5.32 Å². The Bertz CT molecular complexity index is 579. The Morgan fingerprint density at radius 1 is 1.10 bits per heavy atom. The SMILES string of the molecule is C=CCSc1ccccc1NCc1cc(Cl)cc(Cl)c1. The van der Waals surface area contributed by atoms with Crippen LogP contribution in [0.5, 0.6) is 0 Å². The summed E-state index contributed by atoms with van der Waals surface area (Å²) in [6, 6.07) is 13.8. The summed E-state index contributed by atoms with van der Waals surface area (Å²) in [5.41, 5.74) is 2.17. The zero-order valence-electron chi connectivity index (χ0n) is 10.9. The molecule has 1 nitrogen and oxygen atoms in total. The summed E-state index contributed by atoms with van der Waals surface area (Å²) in [4.78, 5) is 1.21. The minimum Gasteiger partial charge on any atom is -0.380 e. The molecule has 0 aliphatic rings. The van der Waals surface area contributed by atoms with Gasteiger partial charge in [0, 0.05) is 32.9 Å². The predicted octanol–water partition coefficient (Wildman–Crippen LogP) is 5.88. The normalized spacial score (nSPS) is 10.3. The second-order valence-corrected chi connectivity index (χ2v) is 6.16. The number of para-hydroxylation sites is 1. The number of benzene rings is 2. The molecule has 0 unspecified atom stereocenters. The molecule has 0 fully saturated rings. The number of halogens is 2. The molecule has 0 radical (unpaired) electrons. The number of thioether (sulfide) groups is 1. The summed E-state index contributed by atoms with van der Waals surface area (Å²) in [7, 11) is 0. The van der Waals surface area contributed by atoms with Crippen molar-refractivity contribution in [1.82, 2.24) is 0 Å². The zero-order valence-corrected chi connectivity index (χ0v) is 13.2. The topological polar surface area (TPSA) is 12.0 Å². The maximum Gasteiger partial charge on any atom is 0.0481 e. The van der Waals surface area contributed by atoms with Crippen molar-refractivity contribution in [3.8, 4) is 0 Å². The molecule has 2 aromatic carbocycles. The van der Waals surface area contributed by atoms with Crippen LogP contribution >= 0.6 is 35.0 Å². The molecule has 0 aromatic heterocycles. The van der Waals surface area contributed by atoms with Crippen molar-refractivity contribution in [3.05, 3.63) is 70.7 Å². The van der Waals surface area contributed by atoms with Gasteiger partial charge in [0.05, 0.1) is 0 Å². The van der Waals surface area contributed by atoms with Gasteiger partial charge in [0.1, 0.15) is 0 Å². The summed E-state index contributed by atoms with van der Waals surface area (Å²) in [6.07, 6.45) is 1.90. The lowest BCUT2D eigenvalue weighted by Gasteiger charge is -2.11. The minimum atomic E-state index is 0.656. The molecule has 0 saturated carbocycles. The summed E-state index contributed by atoms with van der Waals surface area (Å²) in [5, 5.41) is 4.73. The molecule has 1 N–H and O–H groups in total. The summed E-state index contributed by atoms with van der Waals surface area (Å²) in [6.45, 7) is 4.43. The Kier molecular flexibility index (Phi) is 5.84. The van der Waals surface area contributed by atoms with Crippen LogP contribution in [0, 0.1) is 0 Å². The van der Waals surface area contributed by atoms with E-state index in [0.717, 1.165) is 17.0 Å². The van der Waals surface area contributed by atoms with Crippen molar-refractivity contribution in [2.75, 3.05) is 11.1 Å². The van der Waals surface area contributed by atoms with E-state index in [1.54, 1.807) is 17.8 Å². The van der Waals surface area contributed by atoms with Gasteiger partial charge in [-0.1, -0.05) is 41.4 Å². The van der Waals surface area contributed by atoms with Gasteiger partial charge >= 0.3 is 0 Å². The third-order valence-corrected chi connectivity index (χ3v) is 4.15. The van der Waals surface area contributed by atoms with E-state index in [-0.39, 0.29) is 0 Å². The van der Waals surface area contributed by atoms with E-state index in [1.165, 1.54) is 4.90 Å². The van der Waals surface area contributed by atoms with Crippen molar-refractivity contribution in [1.29, 1.82) is 0 Å². The highest BCUT2D eigenvalue weighted by Crippen LogP contribution is 2.28. The van der Waals surface area contributed by atoms with Gasteiger partial charge in [0.2, 0.25) is 0 Å². The third kappa shape index (κ3) is 4.48. The van der Waals surface area contributed by atoms with E-state index in [9.17, 15) is 0 Å². The highest BCUT2D eigenvalue weighted by Gasteiger charge is 2.03. The first-order chi connectivity index (χ1) is 9.69. The van der Waals surface area contributed by atoms with Crippen LogP contribution in [0.4, 0.5) is 5.69 Å². The number of anilines is 1. The van der Waals surface area contributed by atoms with Gasteiger partial charge < -0.3 is 5.32 Å². The Hall–Kier alpha value is -1.09. The molecule has 20 heavy (non-hydrogen) atoms. The largest absolute Gasteiger partial charge is 0.380 e. The van der Waals surface area contributed by atoms with Gasteiger partial charge in [-0.05, 0) is 35.9 Å². The molecule has 0 amide bonds. The number of hydrogen-bond acceptors (Lipinski definition) is 2. The Labute approximate surface area is 134 Å². The zero-order chi connectivity index (χ0) is 14.4. The molecule has 0 aliphatic heterocycles. The van der Waals surface area contributed by atoms with Crippen LogP contribution in [0.15, 0.2) is 60.0 Å². The van der Waals surface area contributed by atoms with E-state index >= 15 is 0 Å². The molecule has 2 aromatic rings. The van der Waals surface area contributed by atoms with Gasteiger partial charge in [-0.2, -0.15) is 0 Å². The van der Waals surface area contributed by atoms with Crippen LogP contribution in [0.25, 0.3) is 0 Å². The quantitative estimate of drug-likeness (QED) is 0.526. The molecular weight excluding hydrogens is 309 g/mol. The van der Waals surface area contributed by atoms with Gasteiger partial charge in [0.15, 0.2) is 0 Å². The van der Waals surface area contributed by atoms with Crippen LogP contribution in [0.2, 0.25) is 10.0 Å². The second-order valence-electron chi connectivity index (χ2n) is 4.23. The Balaban J connectivity index is 2.08. The fourth-order valence-electron chi connectivity index (χ4n) is 1.80. The van der Waals surface area contributed by atoms with E-state index < -0.39 is 0 Å². The van der Waals surface area contributed by atoms with Gasteiger partial charge in [-0.15, -0.1) is 18.3 Å². The highest BCUT2D eigenvalue weighted by atomic mass is 35.5. The van der Waals surface area contributed by atoms with Crippen molar-refractivity contribution < 1.29 is 0 Å². The van der Waals surface area contributed by atoms with E-state index in [1.807, 2.05) is 30.3 Å². The first-order valence-corrected chi connectivity index (χ1v) is 7.95. The lowest BCUT2D eigenvalue weighted by molar-refractivity contribution is 1.13. The van der Waals surface area contributed by atoms with Crippen LogP contribution in [0.3, 0.4) is 0 Å². The maximum atomic E-state index is 6.00. The molecule has 0 saturated heterocycles. The molecule has 2 rings (SSSR count). The Morgan fingerprint density at radius 2 is 1.80 bits per heavy atom. The van der Waals surface area contributed by atoms with Crippen LogP contribution in [-0.4, -0.2) is 5.75 Å². The van der Waals surface area contributed by atoms with E-state index in [0.29, 0.717) is 16.6 Å². The first-order valence-electron chi connectivity index (χ1n) is 6.20. The molecule has 0 atom stereocenters. The molecular formula is C16H15Cl2NS. The average molecular weight is 324 g/mol. The van der Waals surface area contributed by atoms with Crippen LogP contribution in [0.1, 0.15) is 5.56 Å². The van der Waals surface area contributed by atoms with Crippen molar-refractivity contribution in [2.24, 2.45) is 0 Å². The maximum absolute atomic E-state index is 6.00. The fourth-order valence-corrected chi connectivity index (χ4v) is 3.14. The van der Waals surface area contributed by atoms with Gasteiger partial charge in [0.25, 0.3) is 0 Å². The average Bonchev–Trinajstić information content (AvgIpc) is 2.43. The Morgan fingerprint density at radius 3 is 2.50 bits per heavy atom. The fraction of sp³-hybridized carbons (Fsp3) is 0.125. The lowest BCUT2D eigenvalue weighted by Crippen LogP contribution is -2.00. The number of hydrogen-bond donors (Lipinski definition) is 1. The van der Waals surface area contributed by atoms with Gasteiger partial charge in [-0.25, -0.2) is 0 Å². The molecule has 104 valence electrons. The van der Waals surface area contributed by atoms with Crippen LogP contribution in [-0.2, 0) is 6.54 Å². The monoisotopic (exact) mass is 323 g/mol. The lowest BCUT2D eigenvalue weighted by atomic mass is 10.2. The van der Waals surface area contributed by atoms with Gasteiger partial charge in [-0.3, -0.25) is 0 Å². The number of nitrogens with one attached hydrogen (secondary N) is 1. The summed E-state index contributed by atoms with van der Waals surface area (Å²) in [5.74, 6) is 0.891. The van der Waals surface area contributed by atoms with E-state index in [2.05, 4.69) is 24.0 Å². The predicted molar refractivity (Wildman–Crippen MR) is 91.2 cm³/mol. The van der Waals surface area contributed by atoms with Crippen molar-refractivity contribution >= 4 is 40.7 Å². The molecule has 4 heteroatoms. The number of rotatable bonds is 6. The van der Waals surface area contributed by atoms with E-state index in [4.69, 9.17) is 23.2 Å². The third-order valence-electron chi connectivity index (χ3n) is 2.65. The first kappa shape index (κ1) is 15.3. The highest BCUT2D eigenvalue weighted by molar-refractivity contribution is 7.99. The standard InChI is InChI=1S/C16H15Cl2NS/c1-2-7-20-16-6-4-3-5-15(16)19-11-12-8-13(17)10-14(18)9-12/h2-6,8-10,19H,1,7,11H2. The molecule has 0 spiro atoms.